The molecule has 0 N–H and O–H groups in total. The van der Waals surface area contributed by atoms with Crippen LogP contribution in [0, 0.1) is 6.92 Å². The van der Waals surface area contributed by atoms with Gasteiger partial charge in [-0.15, -0.1) is 0 Å². The van der Waals surface area contributed by atoms with E-state index in [1.54, 1.807) is 0 Å². The number of hydrogen-bond acceptors (Lipinski definition) is 0. The summed E-state index contributed by atoms with van der Waals surface area (Å²) in [6.07, 6.45) is 0.951. The highest BCUT2D eigenvalue weighted by Gasteiger charge is 2.09. The molecule has 0 radical (unpaired) electrons. The van der Waals surface area contributed by atoms with Crippen molar-refractivity contribution in [1.29, 1.82) is 0 Å². The highest BCUT2D eigenvalue weighted by Crippen LogP contribution is 2.30. The van der Waals surface area contributed by atoms with Crippen molar-refractivity contribution in [2.75, 3.05) is 0 Å². The maximum Gasteiger partial charge on any atom is 0.0436 e. The summed E-state index contributed by atoms with van der Waals surface area (Å²) >= 11 is 13.3. The summed E-state index contributed by atoms with van der Waals surface area (Å²) in [6.45, 7) is 2.06. The fourth-order valence-corrected chi connectivity index (χ4v) is 3.09. The van der Waals surface area contributed by atoms with Crippen molar-refractivity contribution in [2.24, 2.45) is 0 Å². The Morgan fingerprint density at radius 3 is 2.39 bits per heavy atom. The summed E-state index contributed by atoms with van der Waals surface area (Å²) in [5.74, 6) is 0. The van der Waals surface area contributed by atoms with E-state index in [1.807, 2.05) is 12.1 Å². The van der Waals surface area contributed by atoms with E-state index in [0.717, 1.165) is 15.9 Å². The third kappa shape index (κ3) is 3.84. The molecule has 0 aliphatic carbocycles. The van der Waals surface area contributed by atoms with Gasteiger partial charge in [-0.05, 0) is 54.3 Å². The van der Waals surface area contributed by atoms with E-state index < -0.39 is 0 Å². The standard InChI is InChI=1S/C15H13Br2Cl/c1-10-6-12(9-14(18)7-10)15(17)8-11-2-4-13(16)5-3-11/h2-7,9,15H,8H2,1H3. The van der Waals surface area contributed by atoms with Gasteiger partial charge >= 0.3 is 0 Å². The topological polar surface area (TPSA) is 0 Å². The number of rotatable bonds is 3. The SMILES string of the molecule is Cc1cc(Cl)cc(C(Br)Cc2ccc(Br)cc2)c1. The first kappa shape index (κ1) is 14.1. The Kier molecular flexibility index (Phi) is 4.88. The monoisotopic (exact) mass is 386 g/mol. The molecule has 94 valence electrons. The molecule has 0 aromatic heterocycles. The molecular formula is C15H13Br2Cl. The van der Waals surface area contributed by atoms with E-state index in [2.05, 4.69) is 69.1 Å². The minimum absolute atomic E-state index is 0.288. The molecule has 1 unspecified atom stereocenters. The number of alkyl halides is 1. The fourth-order valence-electron chi connectivity index (χ4n) is 1.89. The predicted molar refractivity (Wildman–Crippen MR) is 85.7 cm³/mol. The Hall–Kier alpha value is -0.310. The molecule has 2 aromatic rings. The van der Waals surface area contributed by atoms with Crippen LogP contribution < -0.4 is 0 Å². The predicted octanol–water partition coefficient (Wildman–Crippen LogP) is 6.09. The van der Waals surface area contributed by atoms with Crippen molar-refractivity contribution >= 4 is 43.5 Å². The van der Waals surface area contributed by atoms with Gasteiger partial charge in [0, 0.05) is 14.3 Å². The molecule has 2 rings (SSSR count). The van der Waals surface area contributed by atoms with Gasteiger partial charge in [0.15, 0.2) is 0 Å². The number of aryl methyl sites for hydroxylation is 1. The van der Waals surface area contributed by atoms with E-state index in [4.69, 9.17) is 11.6 Å². The second-order valence-electron chi connectivity index (χ2n) is 4.36. The molecule has 0 aliphatic heterocycles. The van der Waals surface area contributed by atoms with Crippen molar-refractivity contribution < 1.29 is 0 Å². The minimum Gasteiger partial charge on any atom is -0.0843 e. The van der Waals surface area contributed by atoms with Crippen LogP contribution in [-0.4, -0.2) is 0 Å². The molecule has 0 bridgehead atoms. The highest BCUT2D eigenvalue weighted by atomic mass is 79.9. The Balaban J connectivity index is 2.16. The first-order valence-corrected chi connectivity index (χ1v) is 7.79. The van der Waals surface area contributed by atoms with E-state index in [0.29, 0.717) is 0 Å². The van der Waals surface area contributed by atoms with Crippen molar-refractivity contribution in [3.05, 3.63) is 68.7 Å². The molecule has 0 spiro atoms. The summed E-state index contributed by atoms with van der Waals surface area (Å²) in [7, 11) is 0. The molecule has 0 saturated carbocycles. The maximum absolute atomic E-state index is 6.09. The lowest BCUT2D eigenvalue weighted by atomic mass is 10.0. The van der Waals surface area contributed by atoms with Crippen LogP contribution in [-0.2, 0) is 6.42 Å². The van der Waals surface area contributed by atoms with Gasteiger partial charge in [-0.1, -0.05) is 61.7 Å². The smallest absolute Gasteiger partial charge is 0.0436 e. The average molecular weight is 389 g/mol. The summed E-state index contributed by atoms with van der Waals surface area (Å²) < 4.78 is 1.11. The molecule has 18 heavy (non-hydrogen) atoms. The first-order chi connectivity index (χ1) is 8.54. The quantitative estimate of drug-likeness (QED) is 0.558. The molecule has 0 nitrogen and oxygen atoms in total. The van der Waals surface area contributed by atoms with E-state index in [9.17, 15) is 0 Å². The zero-order valence-corrected chi connectivity index (χ0v) is 13.9. The van der Waals surface area contributed by atoms with Gasteiger partial charge in [0.25, 0.3) is 0 Å². The Labute approximate surface area is 130 Å². The van der Waals surface area contributed by atoms with Crippen molar-refractivity contribution in [1.82, 2.24) is 0 Å². The van der Waals surface area contributed by atoms with Gasteiger partial charge in [-0.3, -0.25) is 0 Å². The van der Waals surface area contributed by atoms with Crippen LogP contribution in [0.3, 0.4) is 0 Å². The van der Waals surface area contributed by atoms with Crippen molar-refractivity contribution in [3.63, 3.8) is 0 Å². The van der Waals surface area contributed by atoms with Crippen LogP contribution in [0.5, 0.6) is 0 Å². The number of benzene rings is 2. The molecule has 1 atom stereocenters. The lowest BCUT2D eigenvalue weighted by molar-refractivity contribution is 0.946. The molecule has 0 aliphatic rings. The first-order valence-electron chi connectivity index (χ1n) is 5.70. The second kappa shape index (κ2) is 6.23. The van der Waals surface area contributed by atoms with Crippen molar-refractivity contribution in [2.45, 2.75) is 18.2 Å². The molecule has 0 amide bonds. The molecule has 3 heteroatoms. The van der Waals surface area contributed by atoms with E-state index in [-0.39, 0.29) is 4.83 Å². The van der Waals surface area contributed by atoms with E-state index in [1.165, 1.54) is 16.7 Å². The van der Waals surface area contributed by atoms with Crippen LogP contribution in [0.15, 0.2) is 46.9 Å². The van der Waals surface area contributed by atoms with Crippen LogP contribution in [0.4, 0.5) is 0 Å². The Morgan fingerprint density at radius 2 is 1.78 bits per heavy atom. The lowest BCUT2D eigenvalue weighted by Crippen LogP contribution is -1.96. The average Bonchev–Trinajstić information content (AvgIpc) is 2.31. The third-order valence-corrected chi connectivity index (χ3v) is 4.35. The number of hydrogen-bond donors (Lipinski definition) is 0. The highest BCUT2D eigenvalue weighted by molar-refractivity contribution is 9.10. The van der Waals surface area contributed by atoms with Gasteiger partial charge in [-0.2, -0.15) is 0 Å². The fraction of sp³-hybridized carbons (Fsp3) is 0.200. The normalized spacial score (nSPS) is 12.4. The van der Waals surface area contributed by atoms with Crippen LogP contribution >= 0.6 is 43.5 Å². The molecule has 2 aromatic carbocycles. The molecule has 0 heterocycles. The van der Waals surface area contributed by atoms with Gasteiger partial charge in [-0.25, -0.2) is 0 Å². The van der Waals surface area contributed by atoms with Crippen LogP contribution in [0.2, 0.25) is 5.02 Å². The molecular weight excluding hydrogens is 375 g/mol. The maximum atomic E-state index is 6.09. The zero-order chi connectivity index (χ0) is 13.1. The van der Waals surface area contributed by atoms with E-state index >= 15 is 0 Å². The minimum atomic E-state index is 0.288. The zero-order valence-electron chi connectivity index (χ0n) is 9.96. The molecule has 0 fully saturated rings. The third-order valence-electron chi connectivity index (χ3n) is 2.75. The largest absolute Gasteiger partial charge is 0.0843 e. The van der Waals surface area contributed by atoms with Crippen LogP contribution in [0.25, 0.3) is 0 Å². The second-order valence-corrected chi connectivity index (χ2v) is 6.82. The summed E-state index contributed by atoms with van der Waals surface area (Å²) in [5, 5.41) is 0.797. The van der Waals surface area contributed by atoms with Crippen LogP contribution in [0.1, 0.15) is 21.5 Å². The molecule has 0 saturated heterocycles. The van der Waals surface area contributed by atoms with Gasteiger partial charge in [0.05, 0.1) is 0 Å². The Bertz CT molecular complexity index is 514. The summed E-state index contributed by atoms with van der Waals surface area (Å²) in [5.41, 5.74) is 3.72. The van der Waals surface area contributed by atoms with Gasteiger partial charge < -0.3 is 0 Å². The number of halogens is 3. The van der Waals surface area contributed by atoms with Crippen molar-refractivity contribution in [3.8, 4) is 0 Å². The van der Waals surface area contributed by atoms with Gasteiger partial charge in [0.1, 0.15) is 0 Å². The lowest BCUT2D eigenvalue weighted by Gasteiger charge is -2.12. The Morgan fingerprint density at radius 1 is 1.11 bits per heavy atom. The summed E-state index contributed by atoms with van der Waals surface area (Å²) in [4.78, 5) is 0.288. The summed E-state index contributed by atoms with van der Waals surface area (Å²) in [6, 6.07) is 14.6. The van der Waals surface area contributed by atoms with Gasteiger partial charge in [0.2, 0.25) is 0 Å².